The second kappa shape index (κ2) is 7.43. The zero-order valence-electron chi connectivity index (χ0n) is 15.3. The number of benzene rings is 2. The van der Waals surface area contributed by atoms with Crippen molar-refractivity contribution in [3.63, 3.8) is 0 Å². The quantitative estimate of drug-likeness (QED) is 0.689. The number of allylic oxidation sites excluding steroid dienone is 2. The van der Waals surface area contributed by atoms with Gasteiger partial charge in [0.25, 0.3) is 5.56 Å². The van der Waals surface area contributed by atoms with Crippen LogP contribution in [0, 0.1) is 34.3 Å². The van der Waals surface area contributed by atoms with Crippen LogP contribution in [0.3, 0.4) is 0 Å². The number of nitrogens with zero attached hydrogens (tertiary/aromatic N) is 3. The molecular weight excluding hydrogens is 406 g/mol. The van der Waals surface area contributed by atoms with Crippen LogP contribution >= 0.6 is 11.3 Å². The molecule has 2 heterocycles. The molecule has 1 unspecified atom stereocenters. The van der Waals surface area contributed by atoms with Gasteiger partial charge in [-0.2, -0.15) is 10.5 Å². The Labute approximate surface area is 173 Å². The fraction of sp³-hybridized carbons (Fsp3) is 0.0455. The predicted molar refractivity (Wildman–Crippen MR) is 108 cm³/mol. The SMILES string of the molecule is N#CC1=C(N)C(C#N)=c2s/c(=C/c3cccc(F)c3)c(=O)n2C1c1cccc(F)c1. The van der Waals surface area contributed by atoms with Crippen LogP contribution < -0.4 is 20.5 Å². The largest absolute Gasteiger partial charge is 0.397 e. The van der Waals surface area contributed by atoms with E-state index in [1.165, 1.54) is 47.0 Å². The highest BCUT2D eigenvalue weighted by Crippen LogP contribution is 2.30. The van der Waals surface area contributed by atoms with Crippen LogP contribution in [0.5, 0.6) is 0 Å². The van der Waals surface area contributed by atoms with E-state index >= 15 is 0 Å². The van der Waals surface area contributed by atoms with Gasteiger partial charge in [0, 0.05) is 0 Å². The molecule has 0 amide bonds. The third-order valence-electron chi connectivity index (χ3n) is 4.70. The first-order chi connectivity index (χ1) is 14.4. The van der Waals surface area contributed by atoms with E-state index in [-0.39, 0.29) is 26.0 Å². The molecule has 8 heteroatoms. The summed E-state index contributed by atoms with van der Waals surface area (Å²) < 4.78 is 29.2. The molecule has 1 aliphatic heterocycles. The van der Waals surface area contributed by atoms with Crippen molar-refractivity contribution in [2.24, 2.45) is 5.73 Å². The van der Waals surface area contributed by atoms with E-state index in [1.54, 1.807) is 12.1 Å². The monoisotopic (exact) mass is 418 g/mol. The molecule has 1 atom stereocenters. The van der Waals surface area contributed by atoms with Crippen molar-refractivity contribution in [2.75, 3.05) is 0 Å². The summed E-state index contributed by atoms with van der Waals surface area (Å²) in [6.07, 6.45) is 1.50. The number of aromatic nitrogens is 1. The third kappa shape index (κ3) is 3.10. The van der Waals surface area contributed by atoms with E-state index in [0.717, 1.165) is 11.3 Å². The normalized spacial score (nSPS) is 16.2. The van der Waals surface area contributed by atoms with Crippen molar-refractivity contribution in [1.82, 2.24) is 4.57 Å². The molecular formula is C22H12F2N4OS. The van der Waals surface area contributed by atoms with Crippen molar-refractivity contribution < 1.29 is 8.78 Å². The van der Waals surface area contributed by atoms with Crippen LogP contribution in [0.4, 0.5) is 8.78 Å². The van der Waals surface area contributed by atoms with Crippen molar-refractivity contribution >= 4 is 23.0 Å². The summed E-state index contributed by atoms with van der Waals surface area (Å²) in [6.45, 7) is 0. The lowest BCUT2D eigenvalue weighted by molar-refractivity contribution is 0.604. The molecule has 146 valence electrons. The van der Waals surface area contributed by atoms with E-state index < -0.39 is 23.2 Å². The zero-order chi connectivity index (χ0) is 21.4. The van der Waals surface area contributed by atoms with Crippen LogP contribution in [0.15, 0.2) is 64.6 Å². The molecule has 2 N–H and O–H groups in total. The van der Waals surface area contributed by atoms with Crippen LogP contribution in [0.25, 0.3) is 11.6 Å². The summed E-state index contributed by atoms with van der Waals surface area (Å²) in [4.78, 5) is 13.3. The van der Waals surface area contributed by atoms with E-state index in [2.05, 4.69) is 0 Å². The molecule has 3 aromatic rings. The Balaban J connectivity index is 2.09. The lowest BCUT2D eigenvalue weighted by Crippen LogP contribution is -2.40. The van der Waals surface area contributed by atoms with Gasteiger partial charge in [-0.3, -0.25) is 9.36 Å². The second-order valence-electron chi connectivity index (χ2n) is 6.53. The Kier molecular flexibility index (Phi) is 4.78. The maximum atomic E-state index is 13.9. The van der Waals surface area contributed by atoms with Crippen LogP contribution in [-0.4, -0.2) is 4.57 Å². The Morgan fingerprint density at radius 2 is 1.77 bits per heavy atom. The molecule has 0 spiro atoms. The second-order valence-corrected chi connectivity index (χ2v) is 7.56. The smallest absolute Gasteiger partial charge is 0.269 e. The topological polar surface area (TPSA) is 95.6 Å². The molecule has 2 aromatic carbocycles. The molecule has 0 saturated heterocycles. The first-order valence-electron chi connectivity index (χ1n) is 8.73. The molecule has 0 radical (unpaired) electrons. The number of fused-ring (bicyclic) bond motifs is 1. The summed E-state index contributed by atoms with van der Waals surface area (Å²) in [7, 11) is 0. The van der Waals surface area contributed by atoms with Gasteiger partial charge in [-0.15, -0.1) is 11.3 Å². The van der Waals surface area contributed by atoms with Gasteiger partial charge in [0.1, 0.15) is 34.0 Å². The standard InChI is InChI=1S/C22H12F2N4OS/c23-14-5-1-3-12(7-14)8-18-21(29)28-20(13-4-2-6-15(24)9-13)16(10-25)19(27)17(11-26)22(28)30-18/h1-9,20H,27H2/b18-8+. The summed E-state index contributed by atoms with van der Waals surface area (Å²) in [5.41, 5.74) is 6.37. The molecule has 1 aliphatic rings. The number of rotatable bonds is 2. The fourth-order valence-electron chi connectivity index (χ4n) is 3.40. The summed E-state index contributed by atoms with van der Waals surface area (Å²) in [6, 6.07) is 14.2. The minimum absolute atomic E-state index is 0.000181. The molecule has 0 saturated carbocycles. The van der Waals surface area contributed by atoms with Crippen molar-refractivity contribution in [3.8, 4) is 12.1 Å². The van der Waals surface area contributed by atoms with Gasteiger partial charge in [-0.1, -0.05) is 24.3 Å². The van der Waals surface area contributed by atoms with Crippen molar-refractivity contribution in [2.45, 2.75) is 6.04 Å². The van der Waals surface area contributed by atoms with Crippen molar-refractivity contribution in [3.05, 3.63) is 102 Å². The molecule has 1 aromatic heterocycles. The Morgan fingerprint density at radius 3 is 2.40 bits per heavy atom. The highest BCUT2D eigenvalue weighted by Gasteiger charge is 2.31. The van der Waals surface area contributed by atoms with Gasteiger partial charge in [0.2, 0.25) is 0 Å². The zero-order valence-corrected chi connectivity index (χ0v) is 16.1. The average Bonchev–Trinajstić information content (AvgIpc) is 3.03. The maximum Gasteiger partial charge on any atom is 0.269 e. The van der Waals surface area contributed by atoms with Gasteiger partial charge in [-0.05, 0) is 41.5 Å². The van der Waals surface area contributed by atoms with Gasteiger partial charge in [0.05, 0.1) is 21.9 Å². The lowest BCUT2D eigenvalue weighted by atomic mass is 9.93. The number of nitriles is 2. The minimum atomic E-state index is -0.976. The Bertz CT molecular complexity index is 1480. The van der Waals surface area contributed by atoms with Gasteiger partial charge >= 0.3 is 0 Å². The lowest BCUT2D eigenvalue weighted by Gasteiger charge is -2.23. The van der Waals surface area contributed by atoms with Crippen LogP contribution in [0.1, 0.15) is 17.2 Å². The van der Waals surface area contributed by atoms with Gasteiger partial charge in [0.15, 0.2) is 0 Å². The Morgan fingerprint density at radius 1 is 1.07 bits per heavy atom. The van der Waals surface area contributed by atoms with E-state index in [4.69, 9.17) is 5.73 Å². The number of nitrogens with two attached hydrogens (primary N) is 1. The summed E-state index contributed by atoms with van der Waals surface area (Å²) in [5.74, 6) is -0.987. The number of thiazole rings is 1. The highest BCUT2D eigenvalue weighted by molar-refractivity contribution is 7.07. The first-order valence-corrected chi connectivity index (χ1v) is 9.55. The van der Waals surface area contributed by atoms with Crippen molar-refractivity contribution in [1.29, 1.82) is 10.5 Å². The first kappa shape index (κ1) is 19.3. The predicted octanol–water partition coefficient (Wildman–Crippen LogP) is 2.03. The average molecular weight is 418 g/mol. The number of hydrogen-bond donors (Lipinski definition) is 1. The molecule has 0 aliphatic carbocycles. The maximum absolute atomic E-state index is 13.9. The number of halogens is 2. The number of hydrogen-bond acceptors (Lipinski definition) is 5. The third-order valence-corrected chi connectivity index (χ3v) is 5.81. The Hall–Kier alpha value is -4.01. The molecule has 4 rings (SSSR count). The highest BCUT2D eigenvalue weighted by atomic mass is 32.1. The fourth-order valence-corrected chi connectivity index (χ4v) is 4.53. The molecule has 30 heavy (non-hydrogen) atoms. The van der Waals surface area contributed by atoms with Gasteiger partial charge in [-0.25, -0.2) is 8.78 Å². The molecule has 0 fully saturated rings. The molecule has 5 nitrogen and oxygen atoms in total. The molecule has 0 bridgehead atoms. The van der Waals surface area contributed by atoms with E-state index in [1.807, 2.05) is 12.1 Å². The summed E-state index contributed by atoms with van der Waals surface area (Å²) >= 11 is 1.01. The minimum Gasteiger partial charge on any atom is -0.397 e. The summed E-state index contributed by atoms with van der Waals surface area (Å²) in [5, 5.41) is 19.3. The van der Waals surface area contributed by atoms with Crippen LogP contribution in [-0.2, 0) is 0 Å². The van der Waals surface area contributed by atoms with E-state index in [0.29, 0.717) is 11.1 Å². The van der Waals surface area contributed by atoms with Gasteiger partial charge < -0.3 is 5.73 Å². The van der Waals surface area contributed by atoms with E-state index in [9.17, 15) is 24.1 Å². The van der Waals surface area contributed by atoms with Crippen LogP contribution in [0.2, 0.25) is 0 Å².